The fraction of sp³-hybridized carbons (Fsp3) is 0.550. The van der Waals surface area contributed by atoms with Gasteiger partial charge in [-0.1, -0.05) is 0 Å². The molecule has 0 radical (unpaired) electrons. The van der Waals surface area contributed by atoms with E-state index < -0.39 is 12.1 Å². The van der Waals surface area contributed by atoms with E-state index in [-0.39, 0.29) is 27.9 Å². The number of amides is 1. The molecular weight excluding hydrogens is 405 g/mol. The molecule has 4 aliphatic rings. The molecule has 2 aromatic rings. The van der Waals surface area contributed by atoms with Crippen molar-refractivity contribution in [2.24, 2.45) is 11.8 Å². The number of nitrogens with one attached hydrogen (secondary N) is 2. The van der Waals surface area contributed by atoms with E-state index in [1.165, 1.54) is 26.0 Å². The molecule has 9 heteroatoms. The SMILES string of the molecule is COc1ccc2cc(C(=O)NC3C4CCC(CC4)[C@@]34CN4)sc2c1OC(F)(F)F. The number of fused-ring (bicyclic) bond motifs is 3. The summed E-state index contributed by atoms with van der Waals surface area (Å²) in [7, 11) is 1.28. The first-order chi connectivity index (χ1) is 13.8. The molecule has 2 heterocycles. The highest BCUT2D eigenvalue weighted by atomic mass is 32.1. The van der Waals surface area contributed by atoms with Gasteiger partial charge in [0.15, 0.2) is 11.5 Å². The molecule has 1 aliphatic heterocycles. The maximum atomic E-state index is 13.0. The van der Waals surface area contributed by atoms with Gasteiger partial charge < -0.3 is 20.1 Å². The fourth-order valence-corrected chi connectivity index (χ4v) is 6.29. The summed E-state index contributed by atoms with van der Waals surface area (Å²) >= 11 is 0.994. The second-order valence-corrected chi connectivity index (χ2v) is 9.18. The molecule has 3 aliphatic carbocycles. The number of thiophene rings is 1. The van der Waals surface area contributed by atoms with E-state index >= 15 is 0 Å². The smallest absolute Gasteiger partial charge is 0.493 e. The minimum Gasteiger partial charge on any atom is -0.493 e. The van der Waals surface area contributed by atoms with Crippen LogP contribution in [0.1, 0.15) is 35.4 Å². The van der Waals surface area contributed by atoms with Crippen LogP contribution in [0.25, 0.3) is 10.1 Å². The molecule has 1 unspecified atom stereocenters. The number of rotatable bonds is 4. The third-order valence-electron chi connectivity index (χ3n) is 6.66. The van der Waals surface area contributed by atoms with E-state index in [0.29, 0.717) is 22.1 Å². The zero-order valence-corrected chi connectivity index (χ0v) is 16.6. The Morgan fingerprint density at radius 1 is 1.28 bits per heavy atom. The van der Waals surface area contributed by atoms with Crippen molar-refractivity contribution in [1.29, 1.82) is 0 Å². The standard InChI is InChI=1S/C20H21F3N2O3S/c1-27-13-7-4-11-8-14(29-16(11)15(13)28-20(21,22)23)18(26)25-17-10-2-5-12(6-3-10)19(17)9-24-19/h4,7-8,10,12,17,24H,2-3,5-6,9H2,1H3,(H,25,26)/t10?,12?,17?,19-/m0/s1. The highest BCUT2D eigenvalue weighted by Gasteiger charge is 2.61. The van der Waals surface area contributed by atoms with Crippen LogP contribution in [0.2, 0.25) is 0 Å². The summed E-state index contributed by atoms with van der Waals surface area (Å²) in [5, 5.41) is 7.20. The Kier molecular flexibility index (Phi) is 4.26. The zero-order valence-electron chi connectivity index (χ0n) is 15.8. The van der Waals surface area contributed by atoms with Crippen molar-refractivity contribution in [1.82, 2.24) is 10.6 Å². The molecule has 1 aromatic carbocycles. The summed E-state index contributed by atoms with van der Waals surface area (Å²) in [5.41, 5.74) is 0.0152. The lowest BCUT2D eigenvalue weighted by Gasteiger charge is -2.48. The number of hydrogen-bond acceptors (Lipinski definition) is 5. The average molecular weight is 426 g/mol. The van der Waals surface area contributed by atoms with Crippen LogP contribution in [0.3, 0.4) is 0 Å². The van der Waals surface area contributed by atoms with Crippen LogP contribution < -0.4 is 20.1 Å². The molecule has 2 bridgehead atoms. The van der Waals surface area contributed by atoms with E-state index in [2.05, 4.69) is 15.4 Å². The number of methoxy groups -OCH3 is 1. The largest absolute Gasteiger partial charge is 0.573 e. The Morgan fingerprint density at radius 3 is 2.62 bits per heavy atom. The van der Waals surface area contributed by atoms with E-state index in [1.54, 1.807) is 12.1 Å². The molecule has 29 heavy (non-hydrogen) atoms. The third kappa shape index (κ3) is 3.15. The Bertz CT molecular complexity index is 962. The maximum Gasteiger partial charge on any atom is 0.573 e. The monoisotopic (exact) mass is 426 g/mol. The van der Waals surface area contributed by atoms with E-state index in [4.69, 9.17) is 4.74 Å². The molecule has 1 saturated heterocycles. The molecule has 6 rings (SSSR count). The van der Waals surface area contributed by atoms with Crippen molar-refractivity contribution in [3.05, 3.63) is 23.1 Å². The van der Waals surface area contributed by atoms with E-state index in [0.717, 1.165) is 30.7 Å². The van der Waals surface area contributed by atoms with Gasteiger partial charge in [0.2, 0.25) is 0 Å². The molecule has 5 nitrogen and oxygen atoms in total. The first kappa shape index (κ1) is 19.0. The number of halogens is 3. The number of benzene rings is 1. The van der Waals surface area contributed by atoms with Crippen LogP contribution in [0, 0.1) is 11.8 Å². The van der Waals surface area contributed by atoms with Crippen LogP contribution >= 0.6 is 11.3 Å². The Morgan fingerprint density at radius 2 is 2.00 bits per heavy atom. The molecule has 3 saturated carbocycles. The second kappa shape index (κ2) is 6.50. The normalized spacial score (nSPS) is 30.6. The third-order valence-corrected chi connectivity index (χ3v) is 7.81. The maximum absolute atomic E-state index is 13.0. The summed E-state index contributed by atoms with van der Waals surface area (Å²) in [6.45, 7) is 0.923. The summed E-state index contributed by atoms with van der Waals surface area (Å²) < 4.78 is 48.1. The predicted octanol–water partition coefficient (Wildman–Crippen LogP) is 4.07. The van der Waals surface area contributed by atoms with Crippen LogP contribution in [0.15, 0.2) is 18.2 Å². The summed E-state index contributed by atoms with van der Waals surface area (Å²) in [6, 6.07) is 4.75. The van der Waals surface area contributed by atoms with Gasteiger partial charge in [0.25, 0.3) is 5.91 Å². The first-order valence-corrected chi connectivity index (χ1v) is 10.5. The highest BCUT2D eigenvalue weighted by molar-refractivity contribution is 7.21. The summed E-state index contributed by atoms with van der Waals surface area (Å²) in [5.74, 6) is 0.385. The zero-order chi connectivity index (χ0) is 20.4. The number of carbonyl (C=O) groups is 1. The lowest BCUT2D eigenvalue weighted by atomic mass is 9.61. The molecule has 1 amide bonds. The van der Waals surface area contributed by atoms with Crippen molar-refractivity contribution in [3.63, 3.8) is 0 Å². The van der Waals surface area contributed by atoms with Gasteiger partial charge in [-0.2, -0.15) is 0 Å². The van der Waals surface area contributed by atoms with Gasteiger partial charge in [-0.05, 0) is 61.1 Å². The van der Waals surface area contributed by atoms with E-state index in [1.807, 2.05) is 0 Å². The molecule has 2 N–H and O–H groups in total. The van der Waals surface area contributed by atoms with Crippen LogP contribution in [0.4, 0.5) is 13.2 Å². The Hall–Kier alpha value is -2.00. The number of ether oxygens (including phenoxy) is 2. The van der Waals surface area contributed by atoms with Crippen LogP contribution in [-0.4, -0.2) is 37.5 Å². The van der Waals surface area contributed by atoms with Gasteiger partial charge in [0.1, 0.15) is 0 Å². The van der Waals surface area contributed by atoms with Gasteiger partial charge >= 0.3 is 6.36 Å². The quantitative estimate of drug-likeness (QED) is 0.724. The highest BCUT2D eigenvalue weighted by Crippen LogP contribution is 2.52. The topological polar surface area (TPSA) is 69.5 Å². The minimum absolute atomic E-state index is 0.0152. The molecule has 4 fully saturated rings. The molecular formula is C20H21F3N2O3S. The Labute approximate surface area is 169 Å². The number of alkyl halides is 3. The van der Waals surface area contributed by atoms with Crippen molar-refractivity contribution >= 4 is 27.3 Å². The molecule has 1 spiro atoms. The lowest BCUT2D eigenvalue weighted by Crippen LogP contribution is -2.60. The number of carbonyl (C=O) groups excluding carboxylic acids is 1. The van der Waals surface area contributed by atoms with Gasteiger partial charge in [-0.3, -0.25) is 4.79 Å². The summed E-state index contributed by atoms with van der Waals surface area (Å²) in [4.78, 5) is 13.4. The molecule has 1 aromatic heterocycles. The van der Waals surface area contributed by atoms with Crippen molar-refractivity contribution < 1.29 is 27.4 Å². The molecule has 156 valence electrons. The van der Waals surface area contributed by atoms with Gasteiger partial charge in [0.05, 0.1) is 28.3 Å². The van der Waals surface area contributed by atoms with Crippen molar-refractivity contribution in [3.8, 4) is 11.5 Å². The van der Waals surface area contributed by atoms with Crippen molar-refractivity contribution in [2.45, 2.75) is 43.6 Å². The van der Waals surface area contributed by atoms with Gasteiger partial charge in [-0.25, -0.2) is 0 Å². The Balaban J connectivity index is 1.45. The predicted molar refractivity (Wildman–Crippen MR) is 102 cm³/mol. The molecule has 2 atom stereocenters. The minimum atomic E-state index is -4.85. The van der Waals surface area contributed by atoms with Crippen LogP contribution in [-0.2, 0) is 0 Å². The second-order valence-electron chi connectivity index (χ2n) is 8.13. The average Bonchev–Trinajstić information content (AvgIpc) is 3.33. The van der Waals surface area contributed by atoms with Crippen molar-refractivity contribution in [2.75, 3.05) is 13.7 Å². The first-order valence-electron chi connectivity index (χ1n) is 9.73. The van der Waals surface area contributed by atoms with E-state index in [9.17, 15) is 18.0 Å². The fourth-order valence-electron chi connectivity index (χ4n) is 5.26. The van der Waals surface area contributed by atoms with Crippen LogP contribution in [0.5, 0.6) is 11.5 Å². The van der Waals surface area contributed by atoms with Gasteiger partial charge in [0, 0.05) is 6.54 Å². The summed E-state index contributed by atoms with van der Waals surface area (Å²) in [6.07, 6.45) is -0.215. The lowest BCUT2D eigenvalue weighted by molar-refractivity contribution is -0.274. The van der Waals surface area contributed by atoms with Gasteiger partial charge in [-0.15, -0.1) is 24.5 Å². The number of hydrogen-bond donors (Lipinski definition) is 2.